The molecule has 1 aromatic rings. The number of halogens is 1. The van der Waals surface area contributed by atoms with Gasteiger partial charge in [-0.2, -0.15) is 0 Å². The number of anilines is 1. The van der Waals surface area contributed by atoms with Gasteiger partial charge in [0.05, 0.1) is 23.4 Å². The van der Waals surface area contributed by atoms with Crippen LogP contribution in [0.2, 0.25) is 5.02 Å². The monoisotopic (exact) mass is 479 g/mol. The standard InChI is InChI=1S/C24H38ClN5O3/c1-3-4-9-27-24(32)30-12-5-17(6-13-30)16-29-10-7-18(8-11-29)28-23(31)19-14-20(25)21(26)15-22(19)33-2/h14-15,17-18H,3-13,16,26H2,1-2H3,(H,27,32)(H,28,31). The lowest BCUT2D eigenvalue weighted by molar-refractivity contribution is 0.0891. The molecule has 0 unspecified atom stereocenters. The lowest BCUT2D eigenvalue weighted by Crippen LogP contribution is -2.48. The van der Waals surface area contributed by atoms with Gasteiger partial charge in [-0.25, -0.2) is 4.79 Å². The molecule has 4 N–H and O–H groups in total. The minimum atomic E-state index is -0.184. The first-order chi connectivity index (χ1) is 15.9. The van der Waals surface area contributed by atoms with E-state index in [9.17, 15) is 9.59 Å². The second-order valence-corrected chi connectivity index (χ2v) is 9.55. The van der Waals surface area contributed by atoms with Crippen molar-refractivity contribution in [2.75, 3.05) is 52.1 Å². The van der Waals surface area contributed by atoms with Crippen LogP contribution in [0.1, 0.15) is 55.8 Å². The number of nitrogens with zero attached hydrogens (tertiary/aromatic N) is 2. The summed E-state index contributed by atoms with van der Waals surface area (Å²) < 4.78 is 5.30. The first kappa shape index (κ1) is 25.4. The maximum atomic E-state index is 12.8. The van der Waals surface area contributed by atoms with Gasteiger partial charge in [-0.1, -0.05) is 24.9 Å². The number of carbonyl (C=O) groups is 2. The molecular formula is C24H38ClN5O3. The zero-order valence-corrected chi connectivity index (χ0v) is 20.6. The summed E-state index contributed by atoms with van der Waals surface area (Å²) in [5, 5.41) is 6.49. The summed E-state index contributed by atoms with van der Waals surface area (Å²) in [5.41, 5.74) is 6.61. The van der Waals surface area contributed by atoms with Gasteiger partial charge in [-0.05, 0) is 44.1 Å². The van der Waals surface area contributed by atoms with E-state index in [1.165, 1.54) is 7.11 Å². The van der Waals surface area contributed by atoms with E-state index in [0.29, 0.717) is 27.9 Å². The minimum Gasteiger partial charge on any atom is -0.496 e. The Morgan fingerprint density at radius 2 is 1.85 bits per heavy atom. The summed E-state index contributed by atoms with van der Waals surface area (Å²) in [6.07, 6.45) is 6.04. The number of hydrogen-bond donors (Lipinski definition) is 3. The molecule has 0 saturated carbocycles. The van der Waals surface area contributed by atoms with Gasteiger partial charge in [-0.3, -0.25) is 4.79 Å². The molecule has 2 fully saturated rings. The second-order valence-electron chi connectivity index (χ2n) is 9.14. The van der Waals surface area contributed by atoms with Crippen LogP contribution in [0.3, 0.4) is 0 Å². The Kier molecular flexibility index (Phi) is 9.50. The SMILES string of the molecule is CCCCNC(=O)N1CCC(CN2CCC(NC(=O)c3cc(Cl)c(N)cc3OC)CC2)CC1. The number of methoxy groups -OCH3 is 1. The van der Waals surface area contributed by atoms with Crippen LogP contribution in [-0.2, 0) is 0 Å². The highest BCUT2D eigenvalue weighted by Gasteiger charge is 2.27. The van der Waals surface area contributed by atoms with Crippen LogP contribution in [0.15, 0.2) is 12.1 Å². The Balaban J connectivity index is 1.39. The summed E-state index contributed by atoms with van der Waals surface area (Å²) in [5.74, 6) is 0.867. The predicted molar refractivity (Wildman–Crippen MR) is 132 cm³/mol. The van der Waals surface area contributed by atoms with Crippen LogP contribution >= 0.6 is 11.6 Å². The van der Waals surface area contributed by atoms with E-state index in [2.05, 4.69) is 22.5 Å². The Hall–Kier alpha value is -2.19. The number of hydrogen-bond acceptors (Lipinski definition) is 5. The molecule has 2 aliphatic heterocycles. The van der Waals surface area contributed by atoms with E-state index < -0.39 is 0 Å². The molecule has 0 spiro atoms. The lowest BCUT2D eigenvalue weighted by atomic mass is 9.95. The summed E-state index contributed by atoms with van der Waals surface area (Å²) in [7, 11) is 1.52. The molecule has 0 bridgehead atoms. The smallest absolute Gasteiger partial charge is 0.317 e. The van der Waals surface area contributed by atoms with Gasteiger partial charge in [-0.15, -0.1) is 0 Å². The number of nitrogens with two attached hydrogens (primary N) is 1. The van der Waals surface area contributed by atoms with Crippen molar-refractivity contribution in [2.24, 2.45) is 5.92 Å². The summed E-state index contributed by atoms with van der Waals surface area (Å²) in [6, 6.07) is 3.36. The number of ether oxygens (including phenoxy) is 1. The Bertz CT molecular complexity index is 806. The number of rotatable bonds is 8. The van der Waals surface area contributed by atoms with Crippen LogP contribution in [-0.4, -0.2) is 74.2 Å². The Morgan fingerprint density at radius 3 is 2.48 bits per heavy atom. The van der Waals surface area contributed by atoms with E-state index >= 15 is 0 Å². The van der Waals surface area contributed by atoms with E-state index in [0.717, 1.165) is 77.8 Å². The molecule has 2 saturated heterocycles. The van der Waals surface area contributed by atoms with Gasteiger partial charge < -0.3 is 30.9 Å². The van der Waals surface area contributed by atoms with E-state index in [1.54, 1.807) is 12.1 Å². The number of benzene rings is 1. The molecule has 1 aromatic carbocycles. The van der Waals surface area contributed by atoms with Crippen LogP contribution in [0.5, 0.6) is 5.75 Å². The van der Waals surface area contributed by atoms with Crippen molar-refractivity contribution in [1.29, 1.82) is 0 Å². The molecule has 8 nitrogen and oxygen atoms in total. The molecule has 2 aliphatic rings. The average Bonchev–Trinajstić information content (AvgIpc) is 2.82. The number of amides is 3. The number of likely N-dealkylation sites (tertiary alicyclic amines) is 2. The highest BCUT2D eigenvalue weighted by molar-refractivity contribution is 6.33. The Morgan fingerprint density at radius 1 is 1.15 bits per heavy atom. The number of nitrogen functional groups attached to an aromatic ring is 1. The molecule has 184 valence electrons. The third-order valence-electron chi connectivity index (χ3n) is 6.71. The predicted octanol–water partition coefficient (Wildman–Crippen LogP) is 3.35. The number of carbonyl (C=O) groups excluding carboxylic acids is 2. The van der Waals surface area contributed by atoms with Crippen molar-refractivity contribution >= 4 is 29.2 Å². The first-order valence-electron chi connectivity index (χ1n) is 12.1. The molecule has 3 amide bonds. The quantitative estimate of drug-likeness (QED) is 0.392. The fourth-order valence-electron chi connectivity index (χ4n) is 4.61. The topological polar surface area (TPSA) is 99.9 Å². The molecule has 0 aliphatic carbocycles. The van der Waals surface area contributed by atoms with Crippen molar-refractivity contribution in [2.45, 2.75) is 51.5 Å². The van der Waals surface area contributed by atoms with Gasteiger partial charge in [0.15, 0.2) is 0 Å². The van der Waals surface area contributed by atoms with Crippen molar-refractivity contribution in [3.05, 3.63) is 22.7 Å². The van der Waals surface area contributed by atoms with Gasteiger partial charge in [0.1, 0.15) is 5.75 Å². The third kappa shape index (κ3) is 7.14. The molecule has 3 rings (SSSR count). The summed E-state index contributed by atoms with van der Waals surface area (Å²) in [6.45, 7) is 7.54. The summed E-state index contributed by atoms with van der Waals surface area (Å²) >= 11 is 6.10. The first-order valence-corrected chi connectivity index (χ1v) is 12.5. The molecular weight excluding hydrogens is 442 g/mol. The fourth-order valence-corrected chi connectivity index (χ4v) is 4.77. The molecule has 2 heterocycles. The van der Waals surface area contributed by atoms with Crippen LogP contribution < -0.4 is 21.1 Å². The van der Waals surface area contributed by atoms with Crippen LogP contribution in [0.4, 0.5) is 10.5 Å². The number of urea groups is 1. The molecule has 9 heteroatoms. The van der Waals surface area contributed by atoms with E-state index in [4.69, 9.17) is 22.1 Å². The third-order valence-corrected chi connectivity index (χ3v) is 7.04. The number of nitrogens with one attached hydrogen (secondary N) is 2. The summed E-state index contributed by atoms with van der Waals surface area (Å²) in [4.78, 5) is 29.4. The average molecular weight is 480 g/mol. The van der Waals surface area contributed by atoms with Crippen LogP contribution in [0.25, 0.3) is 0 Å². The highest BCUT2D eigenvalue weighted by Crippen LogP contribution is 2.29. The van der Waals surface area contributed by atoms with E-state index in [1.807, 2.05) is 4.90 Å². The fraction of sp³-hybridized carbons (Fsp3) is 0.667. The highest BCUT2D eigenvalue weighted by atomic mass is 35.5. The minimum absolute atomic E-state index is 0.0810. The lowest BCUT2D eigenvalue weighted by Gasteiger charge is -2.37. The van der Waals surface area contributed by atoms with Crippen molar-refractivity contribution in [3.63, 3.8) is 0 Å². The molecule has 0 radical (unpaired) electrons. The maximum absolute atomic E-state index is 12.8. The Labute approximate surface area is 202 Å². The number of unbranched alkanes of at least 4 members (excludes halogenated alkanes) is 1. The normalized spacial score (nSPS) is 18.2. The van der Waals surface area contributed by atoms with E-state index in [-0.39, 0.29) is 18.0 Å². The largest absolute Gasteiger partial charge is 0.496 e. The molecule has 0 aromatic heterocycles. The van der Waals surface area contributed by atoms with Gasteiger partial charge in [0, 0.05) is 51.4 Å². The van der Waals surface area contributed by atoms with Crippen molar-refractivity contribution in [3.8, 4) is 5.75 Å². The van der Waals surface area contributed by atoms with Crippen molar-refractivity contribution in [1.82, 2.24) is 20.4 Å². The van der Waals surface area contributed by atoms with Gasteiger partial charge in [0.2, 0.25) is 0 Å². The maximum Gasteiger partial charge on any atom is 0.317 e. The number of piperidine rings is 2. The second kappa shape index (κ2) is 12.3. The van der Waals surface area contributed by atoms with Crippen LogP contribution in [0, 0.1) is 5.92 Å². The van der Waals surface area contributed by atoms with Gasteiger partial charge >= 0.3 is 6.03 Å². The molecule has 0 atom stereocenters. The zero-order valence-electron chi connectivity index (χ0n) is 19.9. The van der Waals surface area contributed by atoms with Crippen molar-refractivity contribution < 1.29 is 14.3 Å². The zero-order chi connectivity index (χ0) is 23.8. The molecule has 33 heavy (non-hydrogen) atoms. The van der Waals surface area contributed by atoms with Gasteiger partial charge in [0.25, 0.3) is 5.91 Å².